The molecule has 132 valence electrons. The molecule has 1 amide bonds. The number of fused-ring (bicyclic) bond motifs is 3. The van der Waals surface area contributed by atoms with Crippen molar-refractivity contribution < 1.29 is 14.3 Å². The third kappa shape index (κ3) is 2.77. The first-order valence-electron chi connectivity index (χ1n) is 8.83. The van der Waals surface area contributed by atoms with Crippen molar-refractivity contribution in [1.82, 2.24) is 0 Å². The van der Waals surface area contributed by atoms with Gasteiger partial charge in [-0.2, -0.15) is 0 Å². The molecule has 1 N–H and O–H groups in total. The van der Waals surface area contributed by atoms with Crippen LogP contribution in [-0.4, -0.2) is 19.6 Å². The predicted octanol–water partition coefficient (Wildman–Crippen LogP) is 4.72. The van der Waals surface area contributed by atoms with E-state index in [-0.39, 0.29) is 11.8 Å². The third-order valence-corrected chi connectivity index (χ3v) is 4.87. The normalized spacial score (nSPS) is 16.1. The molecule has 0 unspecified atom stereocenters. The molecule has 0 radical (unpaired) electrons. The van der Waals surface area contributed by atoms with Crippen molar-refractivity contribution in [2.45, 2.75) is 19.3 Å². The summed E-state index contributed by atoms with van der Waals surface area (Å²) in [6.45, 7) is 2.52. The lowest BCUT2D eigenvalue weighted by molar-refractivity contribution is -0.116. The SMILES string of the molecule is CCOc1ccc([C@H]2CC(=O)Nc3ccc4ccccc4c32)cc1OC. The van der Waals surface area contributed by atoms with E-state index < -0.39 is 0 Å². The number of methoxy groups -OCH3 is 1. The number of rotatable bonds is 4. The fraction of sp³-hybridized carbons (Fsp3) is 0.227. The number of amides is 1. The van der Waals surface area contributed by atoms with Crippen molar-refractivity contribution in [2.75, 3.05) is 19.0 Å². The highest BCUT2D eigenvalue weighted by molar-refractivity contribution is 6.01. The zero-order valence-electron chi connectivity index (χ0n) is 14.9. The molecule has 0 fully saturated rings. The van der Waals surface area contributed by atoms with E-state index in [4.69, 9.17) is 9.47 Å². The molecule has 4 nitrogen and oxygen atoms in total. The van der Waals surface area contributed by atoms with Crippen LogP contribution in [0.15, 0.2) is 54.6 Å². The second-order valence-electron chi connectivity index (χ2n) is 6.40. The molecule has 0 spiro atoms. The maximum atomic E-state index is 12.3. The minimum absolute atomic E-state index is 0.0190. The molecule has 4 heteroatoms. The highest BCUT2D eigenvalue weighted by atomic mass is 16.5. The number of nitrogens with one attached hydrogen (secondary N) is 1. The van der Waals surface area contributed by atoms with Gasteiger partial charge in [-0.1, -0.05) is 36.4 Å². The third-order valence-electron chi connectivity index (χ3n) is 4.87. The fourth-order valence-corrected chi connectivity index (χ4v) is 3.73. The summed E-state index contributed by atoms with van der Waals surface area (Å²) in [5.74, 6) is 1.43. The zero-order chi connectivity index (χ0) is 18.1. The van der Waals surface area contributed by atoms with Gasteiger partial charge < -0.3 is 14.8 Å². The van der Waals surface area contributed by atoms with Gasteiger partial charge in [0.05, 0.1) is 13.7 Å². The van der Waals surface area contributed by atoms with E-state index >= 15 is 0 Å². The van der Waals surface area contributed by atoms with Crippen LogP contribution in [0.2, 0.25) is 0 Å². The van der Waals surface area contributed by atoms with Crippen LogP contribution in [0, 0.1) is 0 Å². The van der Waals surface area contributed by atoms with Crippen molar-refractivity contribution in [1.29, 1.82) is 0 Å². The molecule has 0 aromatic heterocycles. The Hall–Kier alpha value is -3.01. The number of carbonyl (C=O) groups excluding carboxylic acids is 1. The van der Waals surface area contributed by atoms with Crippen molar-refractivity contribution in [2.24, 2.45) is 0 Å². The van der Waals surface area contributed by atoms with Gasteiger partial charge in [-0.3, -0.25) is 4.79 Å². The van der Waals surface area contributed by atoms with Crippen molar-refractivity contribution in [3.63, 3.8) is 0 Å². The standard InChI is InChI=1S/C22H21NO3/c1-3-26-19-11-9-15(12-20(19)25-2)17-13-21(24)23-18-10-8-14-6-4-5-7-16(14)22(17)18/h4-12,17H,3,13H2,1-2H3,(H,23,24)/t17-/m1/s1. The number of anilines is 1. The first-order chi connectivity index (χ1) is 12.7. The van der Waals surface area contributed by atoms with Gasteiger partial charge in [0.2, 0.25) is 5.91 Å². The van der Waals surface area contributed by atoms with Crippen molar-refractivity contribution in [3.8, 4) is 11.5 Å². The van der Waals surface area contributed by atoms with E-state index in [1.807, 2.05) is 43.3 Å². The van der Waals surface area contributed by atoms with E-state index in [1.165, 1.54) is 10.8 Å². The van der Waals surface area contributed by atoms with Crippen LogP contribution in [-0.2, 0) is 4.79 Å². The summed E-state index contributed by atoms with van der Waals surface area (Å²) in [5, 5.41) is 5.36. The zero-order valence-corrected chi connectivity index (χ0v) is 14.9. The van der Waals surface area contributed by atoms with Gasteiger partial charge in [0, 0.05) is 18.0 Å². The molecular formula is C22H21NO3. The average molecular weight is 347 g/mol. The monoisotopic (exact) mass is 347 g/mol. The maximum absolute atomic E-state index is 12.3. The molecule has 26 heavy (non-hydrogen) atoms. The molecule has 4 rings (SSSR count). The van der Waals surface area contributed by atoms with Crippen molar-refractivity contribution >= 4 is 22.4 Å². The molecule has 3 aromatic rings. The Balaban J connectivity index is 1.88. The minimum Gasteiger partial charge on any atom is -0.493 e. The van der Waals surface area contributed by atoms with Crippen LogP contribution in [0.4, 0.5) is 5.69 Å². The Morgan fingerprint density at radius 3 is 2.73 bits per heavy atom. The molecule has 0 saturated carbocycles. The predicted molar refractivity (Wildman–Crippen MR) is 103 cm³/mol. The first-order valence-corrected chi connectivity index (χ1v) is 8.83. The molecule has 0 saturated heterocycles. The second kappa shape index (κ2) is 6.71. The van der Waals surface area contributed by atoms with Crippen LogP contribution >= 0.6 is 0 Å². The number of ether oxygens (including phenoxy) is 2. The Labute approximate surface area is 152 Å². The summed E-state index contributed by atoms with van der Waals surface area (Å²) in [6.07, 6.45) is 0.415. The van der Waals surface area contributed by atoms with Crippen LogP contribution in [0.1, 0.15) is 30.4 Å². The highest BCUT2D eigenvalue weighted by Crippen LogP contribution is 2.43. The number of benzene rings is 3. The molecule has 1 heterocycles. The van der Waals surface area contributed by atoms with Gasteiger partial charge in [-0.05, 0) is 47.0 Å². The lowest BCUT2D eigenvalue weighted by atomic mass is 9.82. The molecule has 1 aliphatic rings. The van der Waals surface area contributed by atoms with E-state index in [0.29, 0.717) is 18.8 Å². The summed E-state index contributed by atoms with van der Waals surface area (Å²) in [6, 6.07) is 18.3. The van der Waals surface area contributed by atoms with Crippen LogP contribution < -0.4 is 14.8 Å². The number of hydrogen-bond donors (Lipinski definition) is 1. The smallest absolute Gasteiger partial charge is 0.225 e. The van der Waals surface area contributed by atoms with E-state index in [9.17, 15) is 4.79 Å². The lowest BCUT2D eigenvalue weighted by Gasteiger charge is -2.28. The molecular weight excluding hydrogens is 326 g/mol. The van der Waals surface area contributed by atoms with E-state index in [1.54, 1.807) is 7.11 Å². The van der Waals surface area contributed by atoms with Crippen molar-refractivity contribution in [3.05, 3.63) is 65.7 Å². The molecule has 0 aliphatic carbocycles. The average Bonchev–Trinajstić information content (AvgIpc) is 2.67. The summed E-state index contributed by atoms with van der Waals surface area (Å²) < 4.78 is 11.1. The van der Waals surface area contributed by atoms with Crippen LogP contribution in [0.5, 0.6) is 11.5 Å². The lowest BCUT2D eigenvalue weighted by Crippen LogP contribution is -2.23. The van der Waals surface area contributed by atoms with Gasteiger partial charge >= 0.3 is 0 Å². The van der Waals surface area contributed by atoms with Crippen LogP contribution in [0.25, 0.3) is 10.8 Å². The topological polar surface area (TPSA) is 47.6 Å². The van der Waals surface area contributed by atoms with Gasteiger partial charge in [0.1, 0.15) is 0 Å². The summed E-state index contributed by atoms with van der Waals surface area (Å²) in [7, 11) is 1.64. The van der Waals surface area contributed by atoms with E-state index in [2.05, 4.69) is 23.5 Å². The highest BCUT2D eigenvalue weighted by Gasteiger charge is 2.28. The minimum atomic E-state index is -0.0190. The maximum Gasteiger partial charge on any atom is 0.225 e. The van der Waals surface area contributed by atoms with Gasteiger partial charge in [-0.15, -0.1) is 0 Å². The van der Waals surface area contributed by atoms with Gasteiger partial charge in [0.15, 0.2) is 11.5 Å². The summed E-state index contributed by atoms with van der Waals surface area (Å²) >= 11 is 0. The molecule has 1 atom stereocenters. The Morgan fingerprint density at radius 1 is 1.08 bits per heavy atom. The largest absolute Gasteiger partial charge is 0.493 e. The quantitative estimate of drug-likeness (QED) is 0.743. The van der Waals surface area contributed by atoms with Gasteiger partial charge in [0.25, 0.3) is 0 Å². The molecule has 0 bridgehead atoms. The molecule has 3 aromatic carbocycles. The second-order valence-corrected chi connectivity index (χ2v) is 6.40. The van der Waals surface area contributed by atoms with Crippen LogP contribution in [0.3, 0.4) is 0 Å². The Morgan fingerprint density at radius 2 is 1.92 bits per heavy atom. The fourth-order valence-electron chi connectivity index (χ4n) is 3.73. The Kier molecular flexibility index (Phi) is 4.25. The Bertz CT molecular complexity index is 980. The number of hydrogen-bond acceptors (Lipinski definition) is 3. The first kappa shape index (κ1) is 16.5. The summed E-state index contributed by atoms with van der Waals surface area (Å²) in [4.78, 5) is 12.3. The number of carbonyl (C=O) groups is 1. The van der Waals surface area contributed by atoms with Gasteiger partial charge in [-0.25, -0.2) is 0 Å². The summed E-state index contributed by atoms with van der Waals surface area (Å²) in [5.41, 5.74) is 3.10. The molecule has 1 aliphatic heterocycles. The van der Waals surface area contributed by atoms with E-state index in [0.717, 1.165) is 22.6 Å².